The van der Waals surface area contributed by atoms with E-state index < -0.39 is 8.80 Å². The number of hydrogen-bond acceptors (Lipinski definition) is 4. The summed E-state index contributed by atoms with van der Waals surface area (Å²) >= 11 is 0. The molecule has 0 radical (unpaired) electrons. The second-order valence-electron chi connectivity index (χ2n) is 6.21. The molecular weight excluding hydrogens is 294 g/mol. The third kappa shape index (κ3) is 9.03. The van der Waals surface area contributed by atoms with Gasteiger partial charge in [0.05, 0.1) is 0 Å². The summed E-state index contributed by atoms with van der Waals surface area (Å²) in [5.41, 5.74) is 1.33. The normalized spacial score (nSPS) is 13.4. The lowest BCUT2D eigenvalue weighted by molar-refractivity contribution is 0.0710. The Bertz CT molecular complexity index is 289. The van der Waals surface area contributed by atoms with E-state index in [-0.39, 0.29) is 0 Å². The second kappa shape index (κ2) is 12.2. The molecule has 0 heterocycles. The van der Waals surface area contributed by atoms with Crippen LogP contribution < -0.4 is 0 Å². The van der Waals surface area contributed by atoms with Gasteiger partial charge in [-0.15, -0.1) is 0 Å². The summed E-state index contributed by atoms with van der Waals surface area (Å²) in [4.78, 5) is 4.82. The maximum Gasteiger partial charge on any atom is 0.500 e. The van der Waals surface area contributed by atoms with E-state index in [9.17, 15) is 0 Å². The Morgan fingerprint density at radius 3 is 1.77 bits per heavy atom. The van der Waals surface area contributed by atoms with Crippen molar-refractivity contribution in [3.8, 4) is 0 Å². The molecule has 0 aliphatic rings. The standard InChI is InChI=1S/C17H37NO3Si/c1-8-19-22(20-9-2,21-10-3)13-11-12-18-17(16(6)7)14-15(4)5/h15-16H,8-14H2,1-7H3. The van der Waals surface area contributed by atoms with E-state index in [1.54, 1.807) is 0 Å². The molecule has 0 atom stereocenters. The van der Waals surface area contributed by atoms with Gasteiger partial charge in [-0.1, -0.05) is 27.7 Å². The van der Waals surface area contributed by atoms with Crippen molar-refractivity contribution in [2.45, 2.75) is 67.4 Å². The van der Waals surface area contributed by atoms with Gasteiger partial charge < -0.3 is 13.3 Å². The summed E-state index contributed by atoms with van der Waals surface area (Å²) in [5, 5.41) is 0. The molecule has 0 saturated heterocycles. The van der Waals surface area contributed by atoms with Crippen molar-refractivity contribution in [1.82, 2.24) is 0 Å². The highest BCUT2D eigenvalue weighted by Crippen LogP contribution is 2.18. The first-order chi connectivity index (χ1) is 10.4. The molecule has 22 heavy (non-hydrogen) atoms. The van der Waals surface area contributed by atoms with E-state index in [0.717, 1.165) is 25.4 Å². The minimum atomic E-state index is -2.50. The van der Waals surface area contributed by atoms with Gasteiger partial charge in [-0.3, -0.25) is 4.99 Å². The SMILES string of the molecule is CCO[Si](CCCN=C(CC(C)C)C(C)C)(OCC)OCC. The van der Waals surface area contributed by atoms with Crippen molar-refractivity contribution in [2.24, 2.45) is 16.8 Å². The van der Waals surface area contributed by atoms with E-state index in [0.29, 0.717) is 31.7 Å². The highest BCUT2D eigenvalue weighted by Gasteiger charge is 2.39. The molecule has 0 spiro atoms. The molecule has 0 saturated carbocycles. The van der Waals surface area contributed by atoms with E-state index in [1.807, 2.05) is 20.8 Å². The fourth-order valence-corrected chi connectivity index (χ4v) is 5.01. The second-order valence-corrected chi connectivity index (χ2v) is 8.94. The van der Waals surface area contributed by atoms with Gasteiger partial charge in [0, 0.05) is 38.1 Å². The first-order valence-corrected chi connectivity index (χ1v) is 10.8. The van der Waals surface area contributed by atoms with Crippen molar-refractivity contribution < 1.29 is 13.3 Å². The lowest BCUT2D eigenvalue weighted by atomic mass is 9.98. The first-order valence-electron chi connectivity index (χ1n) is 8.85. The smallest absolute Gasteiger partial charge is 0.374 e. The third-order valence-electron chi connectivity index (χ3n) is 3.33. The fraction of sp³-hybridized carbons (Fsp3) is 0.941. The Labute approximate surface area is 139 Å². The van der Waals surface area contributed by atoms with Gasteiger partial charge in [-0.05, 0) is 45.4 Å². The molecule has 0 unspecified atom stereocenters. The van der Waals surface area contributed by atoms with Crippen LogP contribution in [-0.4, -0.2) is 40.9 Å². The highest BCUT2D eigenvalue weighted by molar-refractivity contribution is 6.60. The predicted octanol–water partition coefficient (Wildman–Crippen LogP) is 4.57. The monoisotopic (exact) mass is 331 g/mol. The predicted molar refractivity (Wildman–Crippen MR) is 96.7 cm³/mol. The van der Waals surface area contributed by atoms with Crippen LogP contribution in [0, 0.1) is 11.8 Å². The van der Waals surface area contributed by atoms with Crippen LogP contribution in [0.4, 0.5) is 0 Å². The van der Waals surface area contributed by atoms with Crippen LogP contribution in [0.5, 0.6) is 0 Å². The molecule has 0 bridgehead atoms. The molecule has 0 aromatic heterocycles. The van der Waals surface area contributed by atoms with Crippen molar-refractivity contribution in [1.29, 1.82) is 0 Å². The molecule has 0 fully saturated rings. The van der Waals surface area contributed by atoms with E-state index in [1.165, 1.54) is 5.71 Å². The van der Waals surface area contributed by atoms with Gasteiger partial charge >= 0.3 is 8.80 Å². The third-order valence-corrected chi connectivity index (χ3v) is 6.48. The molecule has 0 rings (SSSR count). The number of hydrogen-bond donors (Lipinski definition) is 0. The van der Waals surface area contributed by atoms with E-state index in [4.69, 9.17) is 18.3 Å². The number of rotatable bonds is 13. The Balaban J connectivity index is 4.57. The fourth-order valence-electron chi connectivity index (χ4n) is 2.42. The van der Waals surface area contributed by atoms with Crippen molar-refractivity contribution in [3.05, 3.63) is 0 Å². The zero-order valence-electron chi connectivity index (χ0n) is 15.8. The van der Waals surface area contributed by atoms with Crippen molar-refractivity contribution >= 4 is 14.5 Å². The molecule has 4 nitrogen and oxygen atoms in total. The summed E-state index contributed by atoms with van der Waals surface area (Å²) in [6.07, 6.45) is 2.04. The summed E-state index contributed by atoms with van der Waals surface area (Å²) in [7, 11) is -2.50. The average molecular weight is 332 g/mol. The van der Waals surface area contributed by atoms with Gasteiger partial charge in [0.25, 0.3) is 0 Å². The maximum absolute atomic E-state index is 5.88. The quantitative estimate of drug-likeness (QED) is 0.282. The van der Waals surface area contributed by atoms with Crippen molar-refractivity contribution in [3.63, 3.8) is 0 Å². The van der Waals surface area contributed by atoms with Crippen LogP contribution in [0.1, 0.15) is 61.3 Å². The molecule has 0 aromatic rings. The minimum Gasteiger partial charge on any atom is -0.374 e. The summed E-state index contributed by atoms with van der Waals surface area (Å²) in [6.45, 7) is 17.7. The Morgan fingerprint density at radius 2 is 1.41 bits per heavy atom. The zero-order valence-corrected chi connectivity index (χ0v) is 16.8. The minimum absolute atomic E-state index is 0.523. The molecule has 0 aliphatic heterocycles. The summed E-state index contributed by atoms with van der Waals surface area (Å²) < 4.78 is 17.6. The Morgan fingerprint density at radius 1 is 0.909 bits per heavy atom. The Hall–Kier alpha value is -0.233. The topological polar surface area (TPSA) is 40.0 Å². The molecule has 5 heteroatoms. The van der Waals surface area contributed by atoms with Crippen LogP contribution in [0.15, 0.2) is 4.99 Å². The largest absolute Gasteiger partial charge is 0.500 e. The number of aliphatic imine (C=N–C) groups is 1. The summed E-state index contributed by atoms with van der Waals surface area (Å²) in [5.74, 6) is 1.18. The average Bonchev–Trinajstić information content (AvgIpc) is 2.42. The first kappa shape index (κ1) is 21.8. The molecule has 0 amide bonds. The maximum atomic E-state index is 5.88. The van der Waals surface area contributed by atoms with Gasteiger partial charge in [-0.2, -0.15) is 0 Å². The molecule has 0 aromatic carbocycles. The van der Waals surface area contributed by atoms with E-state index >= 15 is 0 Å². The Kier molecular flexibility index (Phi) is 12.1. The molecule has 0 N–H and O–H groups in total. The molecular formula is C17H37NO3Si. The highest BCUT2D eigenvalue weighted by atomic mass is 28.4. The summed E-state index contributed by atoms with van der Waals surface area (Å²) in [6, 6.07) is 0.846. The van der Waals surface area contributed by atoms with Crippen LogP contribution in [0.25, 0.3) is 0 Å². The van der Waals surface area contributed by atoms with E-state index in [2.05, 4.69) is 27.7 Å². The van der Waals surface area contributed by atoms with Crippen molar-refractivity contribution in [2.75, 3.05) is 26.4 Å². The van der Waals surface area contributed by atoms with Crippen LogP contribution in [0.3, 0.4) is 0 Å². The van der Waals surface area contributed by atoms with Crippen LogP contribution >= 0.6 is 0 Å². The van der Waals surface area contributed by atoms with Crippen LogP contribution in [-0.2, 0) is 13.3 Å². The zero-order chi connectivity index (χ0) is 17.0. The molecule has 0 aliphatic carbocycles. The molecule has 132 valence electrons. The number of nitrogens with zero attached hydrogens (tertiary/aromatic N) is 1. The lowest BCUT2D eigenvalue weighted by Gasteiger charge is -2.28. The van der Waals surface area contributed by atoms with Gasteiger partial charge in [0.2, 0.25) is 0 Å². The lowest BCUT2D eigenvalue weighted by Crippen LogP contribution is -2.46. The van der Waals surface area contributed by atoms with Gasteiger partial charge in [0.15, 0.2) is 0 Å². The van der Waals surface area contributed by atoms with Gasteiger partial charge in [-0.25, -0.2) is 0 Å². The van der Waals surface area contributed by atoms with Crippen LogP contribution in [0.2, 0.25) is 6.04 Å². The van der Waals surface area contributed by atoms with Gasteiger partial charge in [0.1, 0.15) is 0 Å².